The second-order valence-corrected chi connectivity index (χ2v) is 7.68. The molecule has 3 aromatic rings. The maximum atomic E-state index is 14.7. The second-order valence-electron chi connectivity index (χ2n) is 6.59. The summed E-state index contributed by atoms with van der Waals surface area (Å²) in [6, 6.07) is 9.75. The van der Waals surface area contributed by atoms with Crippen LogP contribution in [0.1, 0.15) is 34.5 Å². The molecule has 4 rings (SSSR count). The molecular weight excluding hydrogens is 340 g/mol. The Bertz CT molecular complexity index is 958. The van der Waals surface area contributed by atoms with Gasteiger partial charge in [-0.1, -0.05) is 18.2 Å². The van der Waals surface area contributed by atoms with E-state index in [0.717, 1.165) is 20.5 Å². The number of hydrogen-bond donors (Lipinski definition) is 0. The third kappa shape index (κ3) is 2.45. The topological polar surface area (TPSA) is 20.3 Å². The van der Waals surface area contributed by atoms with Gasteiger partial charge in [-0.2, -0.15) is 0 Å². The number of fused-ring (bicyclic) bond motifs is 3. The molecular formula is C20H17F2NOS. The molecule has 5 heteroatoms. The van der Waals surface area contributed by atoms with Crippen LogP contribution in [0.4, 0.5) is 8.78 Å². The van der Waals surface area contributed by atoms with E-state index in [1.54, 1.807) is 6.92 Å². The number of halogens is 2. The number of rotatable bonds is 2. The summed E-state index contributed by atoms with van der Waals surface area (Å²) in [7, 11) is 0. The fourth-order valence-corrected chi connectivity index (χ4v) is 5.11. The van der Waals surface area contributed by atoms with Crippen LogP contribution >= 0.6 is 11.3 Å². The van der Waals surface area contributed by atoms with Crippen molar-refractivity contribution in [2.24, 2.45) is 0 Å². The molecule has 128 valence electrons. The molecule has 2 heterocycles. The van der Waals surface area contributed by atoms with Crippen LogP contribution in [0, 0.1) is 18.6 Å². The Labute approximate surface area is 148 Å². The van der Waals surface area contributed by atoms with Gasteiger partial charge in [-0.25, -0.2) is 8.78 Å². The molecule has 0 saturated carbocycles. The van der Waals surface area contributed by atoms with E-state index in [9.17, 15) is 13.6 Å². The predicted octanol–water partition coefficient (Wildman–Crippen LogP) is 4.98. The fraction of sp³-hybridized carbons (Fsp3) is 0.250. The van der Waals surface area contributed by atoms with E-state index in [4.69, 9.17) is 0 Å². The van der Waals surface area contributed by atoms with Crippen LogP contribution in [0.2, 0.25) is 0 Å². The van der Waals surface area contributed by atoms with Crippen molar-refractivity contribution in [1.29, 1.82) is 0 Å². The normalized spacial score (nSPS) is 19.9. The molecule has 1 amide bonds. The summed E-state index contributed by atoms with van der Waals surface area (Å²) in [4.78, 5) is 14.1. The minimum atomic E-state index is -0.728. The number of hydrogen-bond acceptors (Lipinski definition) is 2. The molecule has 0 aliphatic carbocycles. The molecule has 25 heavy (non-hydrogen) atoms. The highest BCUT2D eigenvalue weighted by molar-refractivity contribution is 7.19. The highest BCUT2D eigenvalue weighted by Crippen LogP contribution is 2.46. The summed E-state index contributed by atoms with van der Waals surface area (Å²) in [5, 5.41) is 1.11. The van der Waals surface area contributed by atoms with Crippen molar-refractivity contribution in [2.45, 2.75) is 32.4 Å². The van der Waals surface area contributed by atoms with Gasteiger partial charge >= 0.3 is 0 Å². The molecule has 1 aromatic heterocycles. The molecule has 2 nitrogen and oxygen atoms in total. The van der Waals surface area contributed by atoms with Gasteiger partial charge < -0.3 is 4.90 Å². The summed E-state index contributed by atoms with van der Waals surface area (Å²) in [5.74, 6) is -1.21. The monoisotopic (exact) mass is 357 g/mol. The van der Waals surface area contributed by atoms with Gasteiger partial charge in [0.2, 0.25) is 6.41 Å². The summed E-state index contributed by atoms with van der Waals surface area (Å²) >= 11 is 1.51. The first-order valence-corrected chi connectivity index (χ1v) is 9.01. The van der Waals surface area contributed by atoms with Crippen molar-refractivity contribution >= 4 is 27.8 Å². The third-order valence-corrected chi connectivity index (χ3v) is 6.17. The Morgan fingerprint density at radius 3 is 2.56 bits per heavy atom. The van der Waals surface area contributed by atoms with Gasteiger partial charge in [-0.3, -0.25) is 4.79 Å². The van der Waals surface area contributed by atoms with Crippen LogP contribution in [0.3, 0.4) is 0 Å². The molecule has 0 N–H and O–H groups in total. The largest absolute Gasteiger partial charge is 0.330 e. The lowest BCUT2D eigenvalue weighted by atomic mass is 9.89. The zero-order valence-corrected chi connectivity index (χ0v) is 14.7. The predicted molar refractivity (Wildman–Crippen MR) is 95.8 cm³/mol. The SMILES string of the molecule is Cc1cc(F)c(C2c3sc4ccccc4c3CC(C)N2C=O)c(F)c1. The van der Waals surface area contributed by atoms with E-state index in [1.165, 1.54) is 28.4 Å². The number of amides is 1. The lowest BCUT2D eigenvalue weighted by Gasteiger charge is -2.38. The Morgan fingerprint density at radius 2 is 1.88 bits per heavy atom. The Morgan fingerprint density at radius 1 is 1.20 bits per heavy atom. The number of aryl methyl sites for hydroxylation is 1. The van der Waals surface area contributed by atoms with Crippen LogP contribution in [-0.4, -0.2) is 17.4 Å². The molecule has 0 saturated heterocycles. The van der Waals surface area contributed by atoms with Crippen molar-refractivity contribution in [1.82, 2.24) is 4.90 Å². The molecule has 2 atom stereocenters. The number of carbonyl (C=O) groups excluding carboxylic acids is 1. The molecule has 0 radical (unpaired) electrons. The van der Waals surface area contributed by atoms with Crippen molar-refractivity contribution in [3.05, 3.63) is 69.6 Å². The molecule has 1 aliphatic rings. The summed E-state index contributed by atoms with van der Waals surface area (Å²) in [6.07, 6.45) is 1.39. The van der Waals surface area contributed by atoms with E-state index in [1.807, 2.05) is 31.2 Å². The van der Waals surface area contributed by atoms with Gasteiger partial charge in [0.25, 0.3) is 0 Å². The lowest BCUT2D eigenvalue weighted by molar-refractivity contribution is -0.122. The van der Waals surface area contributed by atoms with Crippen LogP contribution < -0.4 is 0 Å². The molecule has 0 spiro atoms. The van der Waals surface area contributed by atoms with E-state index in [0.29, 0.717) is 18.4 Å². The summed E-state index contributed by atoms with van der Waals surface area (Å²) in [6.45, 7) is 3.57. The highest BCUT2D eigenvalue weighted by Gasteiger charge is 2.38. The van der Waals surface area contributed by atoms with Crippen molar-refractivity contribution in [2.75, 3.05) is 0 Å². The van der Waals surface area contributed by atoms with Crippen LogP contribution in [-0.2, 0) is 11.2 Å². The van der Waals surface area contributed by atoms with Crippen molar-refractivity contribution in [3.63, 3.8) is 0 Å². The van der Waals surface area contributed by atoms with Gasteiger partial charge in [0.15, 0.2) is 0 Å². The van der Waals surface area contributed by atoms with E-state index in [2.05, 4.69) is 0 Å². The lowest BCUT2D eigenvalue weighted by Crippen LogP contribution is -2.41. The minimum Gasteiger partial charge on any atom is -0.330 e. The average Bonchev–Trinajstić information content (AvgIpc) is 2.92. The first-order valence-electron chi connectivity index (χ1n) is 8.20. The summed E-state index contributed by atoms with van der Waals surface area (Å²) in [5.41, 5.74) is 1.57. The maximum Gasteiger partial charge on any atom is 0.210 e. The van der Waals surface area contributed by atoms with Crippen molar-refractivity contribution in [3.8, 4) is 0 Å². The Balaban J connectivity index is 2.02. The van der Waals surface area contributed by atoms with Crippen LogP contribution in [0.5, 0.6) is 0 Å². The van der Waals surface area contributed by atoms with E-state index in [-0.39, 0.29) is 11.6 Å². The van der Waals surface area contributed by atoms with Crippen LogP contribution in [0.25, 0.3) is 10.1 Å². The molecule has 0 fully saturated rings. The number of nitrogens with zero attached hydrogens (tertiary/aromatic N) is 1. The van der Waals surface area contributed by atoms with Gasteiger partial charge in [0.05, 0.1) is 11.6 Å². The molecule has 2 unspecified atom stereocenters. The van der Waals surface area contributed by atoms with Crippen LogP contribution in [0.15, 0.2) is 36.4 Å². The van der Waals surface area contributed by atoms with E-state index >= 15 is 0 Å². The first kappa shape index (κ1) is 16.2. The first-order chi connectivity index (χ1) is 12.0. The van der Waals surface area contributed by atoms with Gasteiger partial charge in [-0.15, -0.1) is 11.3 Å². The molecule has 2 aromatic carbocycles. The number of benzene rings is 2. The second kappa shape index (κ2) is 5.92. The quantitative estimate of drug-likeness (QED) is 0.592. The number of carbonyl (C=O) groups is 1. The smallest absolute Gasteiger partial charge is 0.210 e. The van der Waals surface area contributed by atoms with Crippen molar-refractivity contribution < 1.29 is 13.6 Å². The molecule has 0 bridgehead atoms. The van der Waals surface area contributed by atoms with Gasteiger partial charge in [-0.05, 0) is 55.0 Å². The highest BCUT2D eigenvalue weighted by atomic mass is 32.1. The fourth-order valence-electron chi connectivity index (χ4n) is 3.76. The Kier molecular flexibility index (Phi) is 3.84. The summed E-state index contributed by atoms with van der Waals surface area (Å²) < 4.78 is 30.5. The maximum absolute atomic E-state index is 14.7. The zero-order chi connectivity index (χ0) is 17.7. The average molecular weight is 357 g/mol. The zero-order valence-electron chi connectivity index (χ0n) is 13.9. The van der Waals surface area contributed by atoms with Gasteiger partial charge in [0, 0.05) is 15.6 Å². The number of thiophene rings is 1. The standard InChI is InChI=1S/C20H17F2NOS/c1-11-7-15(21)18(16(22)8-11)19-20-14(9-12(2)23(19)10-24)13-5-3-4-6-17(13)25-20/h3-8,10,12,19H,9H2,1-2H3. The molecule has 1 aliphatic heterocycles. The third-order valence-electron chi connectivity index (χ3n) is 4.90. The van der Waals surface area contributed by atoms with Gasteiger partial charge in [0.1, 0.15) is 11.6 Å². The van der Waals surface area contributed by atoms with E-state index < -0.39 is 17.7 Å². The Hall–Kier alpha value is -2.27. The minimum absolute atomic E-state index is 0.0444.